The van der Waals surface area contributed by atoms with Crippen molar-refractivity contribution in [2.45, 2.75) is 128 Å². The van der Waals surface area contributed by atoms with E-state index in [2.05, 4.69) is 74.3 Å². The summed E-state index contributed by atoms with van der Waals surface area (Å²) in [6.45, 7) is 7.70. The van der Waals surface area contributed by atoms with Gasteiger partial charge in [-0.2, -0.15) is 0 Å². The number of nitrogens with zero attached hydrogens (tertiary/aromatic N) is 1. The van der Waals surface area contributed by atoms with Crippen molar-refractivity contribution in [3.8, 4) is 0 Å². The van der Waals surface area contributed by atoms with Gasteiger partial charge in [0.25, 0.3) is 0 Å². The standard InChI is InChI=1S/C37H57NO5/c1-4-6-8-9-19-27-41-37-34(43-30-32-22-15-11-16-23-32)28-33(42-29-31-20-13-10-14-21-31)36(37)38(3)25-18-12-17-24-35(39)40-26-7-5-2/h10-11,13-16,20-23,33-34,36-37H,4-9,12,17-19,24-30H2,1-3H3. The topological polar surface area (TPSA) is 57.2 Å². The molecule has 240 valence electrons. The van der Waals surface area contributed by atoms with E-state index in [1.54, 1.807) is 0 Å². The Morgan fingerprint density at radius 2 is 1.30 bits per heavy atom. The molecule has 2 aromatic rings. The molecule has 0 saturated heterocycles. The van der Waals surface area contributed by atoms with E-state index in [1.165, 1.54) is 36.8 Å². The molecule has 4 unspecified atom stereocenters. The Balaban J connectivity index is 1.63. The molecule has 0 bridgehead atoms. The summed E-state index contributed by atoms with van der Waals surface area (Å²) in [6, 6.07) is 20.9. The van der Waals surface area contributed by atoms with Crippen LogP contribution in [-0.2, 0) is 37.0 Å². The van der Waals surface area contributed by atoms with Crippen molar-refractivity contribution < 1.29 is 23.7 Å². The third-order valence-electron chi connectivity index (χ3n) is 8.38. The summed E-state index contributed by atoms with van der Waals surface area (Å²) in [5.41, 5.74) is 2.35. The van der Waals surface area contributed by atoms with E-state index < -0.39 is 0 Å². The number of esters is 1. The van der Waals surface area contributed by atoms with Gasteiger partial charge in [0.1, 0.15) is 6.10 Å². The molecule has 3 rings (SSSR count). The maximum absolute atomic E-state index is 12.0. The summed E-state index contributed by atoms with van der Waals surface area (Å²) < 4.78 is 25.2. The van der Waals surface area contributed by atoms with Gasteiger partial charge in [-0.3, -0.25) is 9.69 Å². The number of hydrogen-bond acceptors (Lipinski definition) is 6. The fraction of sp³-hybridized carbons (Fsp3) is 0.649. The van der Waals surface area contributed by atoms with Gasteiger partial charge in [-0.25, -0.2) is 0 Å². The zero-order valence-electron chi connectivity index (χ0n) is 27.1. The molecule has 1 saturated carbocycles. The smallest absolute Gasteiger partial charge is 0.305 e. The Morgan fingerprint density at radius 3 is 1.95 bits per heavy atom. The SMILES string of the molecule is CCCCCCCOC1C(OCc2ccccc2)CC(OCc2ccccc2)C1N(C)CCCCCC(=O)OCCCC. The molecule has 0 heterocycles. The van der Waals surface area contributed by atoms with Gasteiger partial charge in [0, 0.05) is 19.4 Å². The molecule has 2 aromatic carbocycles. The predicted octanol–water partition coefficient (Wildman–Crippen LogP) is 8.12. The summed E-state index contributed by atoms with van der Waals surface area (Å²) in [5, 5.41) is 0. The van der Waals surface area contributed by atoms with E-state index in [-0.39, 0.29) is 30.3 Å². The van der Waals surface area contributed by atoms with Crippen LogP contribution in [0.25, 0.3) is 0 Å². The monoisotopic (exact) mass is 595 g/mol. The van der Waals surface area contributed by atoms with E-state index in [9.17, 15) is 4.79 Å². The highest BCUT2D eigenvalue weighted by molar-refractivity contribution is 5.69. The first-order valence-electron chi connectivity index (χ1n) is 16.9. The fourth-order valence-electron chi connectivity index (χ4n) is 5.84. The van der Waals surface area contributed by atoms with Gasteiger partial charge in [-0.05, 0) is 50.4 Å². The van der Waals surface area contributed by atoms with Gasteiger partial charge in [0.05, 0.1) is 38.1 Å². The van der Waals surface area contributed by atoms with Gasteiger partial charge in [0.15, 0.2) is 0 Å². The Hall–Kier alpha value is -2.25. The van der Waals surface area contributed by atoms with Crippen LogP contribution >= 0.6 is 0 Å². The number of rotatable bonds is 23. The highest BCUT2D eigenvalue weighted by atomic mass is 16.6. The second kappa shape index (κ2) is 21.5. The average molecular weight is 596 g/mol. The van der Waals surface area contributed by atoms with Crippen molar-refractivity contribution in [1.29, 1.82) is 0 Å². The van der Waals surface area contributed by atoms with E-state index in [1.807, 2.05) is 12.1 Å². The van der Waals surface area contributed by atoms with Crippen molar-refractivity contribution in [2.24, 2.45) is 0 Å². The maximum Gasteiger partial charge on any atom is 0.305 e. The Morgan fingerprint density at radius 1 is 0.698 bits per heavy atom. The van der Waals surface area contributed by atoms with Crippen LogP contribution < -0.4 is 0 Å². The zero-order valence-corrected chi connectivity index (χ0v) is 27.1. The van der Waals surface area contributed by atoms with Crippen LogP contribution in [0.15, 0.2) is 60.7 Å². The van der Waals surface area contributed by atoms with E-state index in [4.69, 9.17) is 18.9 Å². The molecule has 4 atom stereocenters. The summed E-state index contributed by atoms with van der Waals surface area (Å²) >= 11 is 0. The first-order valence-corrected chi connectivity index (χ1v) is 16.9. The maximum atomic E-state index is 12.0. The van der Waals surface area contributed by atoms with E-state index >= 15 is 0 Å². The predicted molar refractivity (Wildman–Crippen MR) is 174 cm³/mol. The molecule has 1 aliphatic rings. The van der Waals surface area contributed by atoms with Gasteiger partial charge >= 0.3 is 5.97 Å². The lowest BCUT2D eigenvalue weighted by atomic mass is 10.1. The van der Waals surface area contributed by atoms with Crippen molar-refractivity contribution in [3.63, 3.8) is 0 Å². The molecule has 0 aliphatic heterocycles. The van der Waals surface area contributed by atoms with Gasteiger partial charge in [-0.15, -0.1) is 0 Å². The van der Waals surface area contributed by atoms with Crippen LogP contribution in [-0.4, -0.2) is 62.0 Å². The number of unbranched alkanes of at least 4 members (excludes halogenated alkanes) is 7. The minimum atomic E-state index is -0.0715. The molecular formula is C37H57NO5. The molecule has 6 nitrogen and oxygen atoms in total. The van der Waals surface area contributed by atoms with Gasteiger partial charge in [0.2, 0.25) is 0 Å². The highest BCUT2D eigenvalue weighted by Gasteiger charge is 2.47. The third kappa shape index (κ3) is 13.5. The van der Waals surface area contributed by atoms with Crippen molar-refractivity contribution in [1.82, 2.24) is 4.90 Å². The summed E-state index contributed by atoms with van der Waals surface area (Å²) in [7, 11) is 2.19. The second-order valence-corrected chi connectivity index (χ2v) is 12.0. The average Bonchev–Trinajstić information content (AvgIpc) is 3.38. The quantitative estimate of drug-likeness (QED) is 0.0955. The molecule has 0 amide bonds. The minimum Gasteiger partial charge on any atom is -0.466 e. The fourth-order valence-corrected chi connectivity index (χ4v) is 5.84. The second-order valence-electron chi connectivity index (χ2n) is 12.0. The summed E-state index contributed by atoms with van der Waals surface area (Å²) in [5.74, 6) is -0.0715. The number of hydrogen-bond donors (Lipinski definition) is 0. The van der Waals surface area contributed by atoms with E-state index in [0.717, 1.165) is 58.1 Å². The zero-order chi connectivity index (χ0) is 30.5. The molecule has 1 aliphatic carbocycles. The number of ether oxygens (including phenoxy) is 4. The van der Waals surface area contributed by atoms with Gasteiger partial charge in [-0.1, -0.05) is 113 Å². The lowest BCUT2D eigenvalue weighted by molar-refractivity contribution is -0.143. The van der Waals surface area contributed by atoms with Gasteiger partial charge < -0.3 is 18.9 Å². The summed E-state index contributed by atoms with van der Waals surface area (Å²) in [4.78, 5) is 14.4. The largest absolute Gasteiger partial charge is 0.466 e. The lowest BCUT2D eigenvalue weighted by Gasteiger charge is -2.34. The minimum absolute atomic E-state index is 0.00427. The molecule has 6 heteroatoms. The Kier molecular flexibility index (Phi) is 17.6. The number of benzene rings is 2. The van der Waals surface area contributed by atoms with Crippen LogP contribution in [0.5, 0.6) is 0 Å². The third-order valence-corrected chi connectivity index (χ3v) is 8.38. The van der Waals surface area contributed by atoms with Crippen molar-refractivity contribution in [2.75, 3.05) is 26.8 Å². The lowest BCUT2D eigenvalue weighted by Crippen LogP contribution is -2.48. The molecule has 1 fully saturated rings. The number of likely N-dealkylation sites (N-methyl/N-ethyl adjacent to an activating group) is 1. The molecule has 43 heavy (non-hydrogen) atoms. The molecular weight excluding hydrogens is 538 g/mol. The van der Waals surface area contributed by atoms with Crippen LogP contribution in [0.3, 0.4) is 0 Å². The molecule has 0 spiro atoms. The van der Waals surface area contributed by atoms with Crippen LogP contribution in [0.1, 0.15) is 102 Å². The first-order chi connectivity index (χ1) is 21.1. The normalized spacial score (nSPS) is 20.1. The highest BCUT2D eigenvalue weighted by Crippen LogP contribution is 2.33. The van der Waals surface area contributed by atoms with Crippen LogP contribution in [0.2, 0.25) is 0 Å². The van der Waals surface area contributed by atoms with Crippen LogP contribution in [0, 0.1) is 0 Å². The van der Waals surface area contributed by atoms with E-state index in [0.29, 0.717) is 26.2 Å². The Labute approximate surface area is 261 Å². The Bertz CT molecular complexity index is 971. The first kappa shape index (κ1) is 35.2. The van der Waals surface area contributed by atoms with Crippen LogP contribution in [0.4, 0.5) is 0 Å². The number of carbonyl (C=O) groups is 1. The summed E-state index contributed by atoms with van der Waals surface area (Å²) in [6.07, 6.45) is 12.1. The number of carbonyl (C=O) groups excluding carboxylic acids is 1. The molecule has 0 N–H and O–H groups in total. The van der Waals surface area contributed by atoms with Crippen molar-refractivity contribution in [3.05, 3.63) is 71.8 Å². The van der Waals surface area contributed by atoms with Crippen molar-refractivity contribution >= 4 is 5.97 Å². The molecule has 0 aromatic heterocycles. The molecule has 0 radical (unpaired) electrons.